The number of piperidine rings is 1. The summed E-state index contributed by atoms with van der Waals surface area (Å²) in [5.74, 6) is 0.419. The first-order valence-corrected chi connectivity index (χ1v) is 13.1. The molecule has 2 aromatic heterocycles. The van der Waals surface area contributed by atoms with E-state index < -0.39 is 5.82 Å². The van der Waals surface area contributed by atoms with Gasteiger partial charge in [-0.2, -0.15) is 0 Å². The van der Waals surface area contributed by atoms with Gasteiger partial charge in [-0.1, -0.05) is 6.07 Å². The number of amides is 1. The fourth-order valence-electron chi connectivity index (χ4n) is 5.91. The Kier molecular flexibility index (Phi) is 6.86. The third-order valence-corrected chi connectivity index (χ3v) is 7.69. The van der Waals surface area contributed by atoms with Gasteiger partial charge in [-0.05, 0) is 55.0 Å². The van der Waals surface area contributed by atoms with Gasteiger partial charge in [-0.15, -0.1) is 0 Å². The van der Waals surface area contributed by atoms with Gasteiger partial charge in [0.2, 0.25) is 11.9 Å². The van der Waals surface area contributed by atoms with Crippen molar-refractivity contribution in [3.8, 4) is 0 Å². The summed E-state index contributed by atoms with van der Waals surface area (Å²) in [5.41, 5.74) is 7.12. The lowest BCUT2D eigenvalue weighted by atomic mass is 9.77. The fraction of sp³-hybridized carbons (Fsp3) is 0.444. The maximum absolute atomic E-state index is 14.1. The number of ether oxygens (including phenoxy) is 1. The Labute approximate surface area is 220 Å². The van der Waals surface area contributed by atoms with Gasteiger partial charge in [-0.25, -0.2) is 29.3 Å². The second kappa shape index (κ2) is 10.6. The molecule has 0 radical (unpaired) electrons. The van der Waals surface area contributed by atoms with Crippen LogP contribution >= 0.6 is 0 Å². The van der Waals surface area contributed by atoms with Crippen LogP contribution in [0.15, 0.2) is 55.1 Å². The van der Waals surface area contributed by atoms with Crippen molar-refractivity contribution in [3.63, 3.8) is 0 Å². The van der Waals surface area contributed by atoms with Gasteiger partial charge in [-0.3, -0.25) is 9.80 Å². The van der Waals surface area contributed by atoms with Crippen molar-refractivity contribution in [2.75, 3.05) is 43.6 Å². The van der Waals surface area contributed by atoms with Crippen molar-refractivity contribution < 1.29 is 13.9 Å². The average Bonchev–Trinajstić information content (AvgIpc) is 3.80. The lowest BCUT2D eigenvalue weighted by molar-refractivity contribution is 0.0107. The first-order chi connectivity index (χ1) is 18.6. The van der Waals surface area contributed by atoms with E-state index in [-0.39, 0.29) is 29.9 Å². The number of aromatic nitrogens is 4. The summed E-state index contributed by atoms with van der Waals surface area (Å²) in [4.78, 5) is 33.6. The van der Waals surface area contributed by atoms with Crippen molar-refractivity contribution in [1.29, 1.82) is 0 Å². The minimum Gasteiger partial charge on any atom is -0.379 e. The third-order valence-electron chi connectivity index (χ3n) is 7.69. The Hall–Kier alpha value is -3.70. The summed E-state index contributed by atoms with van der Waals surface area (Å²) in [6.45, 7) is 3.17. The third kappa shape index (κ3) is 4.91. The van der Waals surface area contributed by atoms with Gasteiger partial charge in [0.15, 0.2) is 0 Å². The summed E-state index contributed by atoms with van der Waals surface area (Å²) in [6.07, 6.45) is 9.75. The minimum atomic E-state index is -0.420. The first kappa shape index (κ1) is 24.6. The largest absolute Gasteiger partial charge is 0.379 e. The highest BCUT2D eigenvalue weighted by molar-refractivity contribution is 5.94. The van der Waals surface area contributed by atoms with E-state index in [4.69, 9.17) is 10.5 Å². The standard InChI is InChI=1S/C27H31FN8O2/c28-21-4-1-3-19(15-21)25(37)35-10-7-22(23(24(35)18-5-6-18)20-16-32-26(29)33-17-20)36(27-30-8-2-9-31-27)34-11-13-38-14-12-34/h1-4,8-9,15-18,22-24H,5-7,10-14H2,(H2,29,32,33). The van der Waals surface area contributed by atoms with Crippen LogP contribution in [0.3, 0.4) is 0 Å². The van der Waals surface area contributed by atoms with E-state index in [0.29, 0.717) is 56.7 Å². The van der Waals surface area contributed by atoms with E-state index in [1.165, 1.54) is 12.1 Å². The van der Waals surface area contributed by atoms with Crippen LogP contribution in [-0.2, 0) is 4.74 Å². The number of carbonyl (C=O) groups excluding carboxylic acids is 1. The fourth-order valence-corrected chi connectivity index (χ4v) is 5.91. The molecule has 2 N–H and O–H groups in total. The lowest BCUT2D eigenvalue weighted by Crippen LogP contribution is -2.63. The summed E-state index contributed by atoms with van der Waals surface area (Å²) in [6, 6.07) is 7.56. The highest BCUT2D eigenvalue weighted by atomic mass is 19.1. The quantitative estimate of drug-likeness (QED) is 0.526. The number of halogens is 1. The zero-order chi connectivity index (χ0) is 26.1. The number of carbonyl (C=O) groups is 1. The van der Waals surface area contributed by atoms with E-state index in [1.807, 2.05) is 4.90 Å². The number of hydrogen-bond acceptors (Lipinski definition) is 9. The zero-order valence-electron chi connectivity index (χ0n) is 21.1. The lowest BCUT2D eigenvalue weighted by Gasteiger charge is -2.52. The van der Waals surface area contributed by atoms with Crippen molar-refractivity contribution in [2.24, 2.45) is 5.92 Å². The Morgan fingerprint density at radius 3 is 2.42 bits per heavy atom. The van der Waals surface area contributed by atoms with Crippen LogP contribution in [0.5, 0.6) is 0 Å². The number of nitrogens with zero attached hydrogens (tertiary/aromatic N) is 7. The van der Waals surface area contributed by atoms with Gasteiger partial charge in [0.05, 0.1) is 19.3 Å². The molecule has 3 fully saturated rings. The molecule has 38 heavy (non-hydrogen) atoms. The summed E-state index contributed by atoms with van der Waals surface area (Å²) in [7, 11) is 0. The Morgan fingerprint density at radius 2 is 1.74 bits per heavy atom. The van der Waals surface area contributed by atoms with E-state index in [9.17, 15) is 9.18 Å². The molecule has 11 heteroatoms. The second-order valence-electron chi connectivity index (χ2n) is 10.1. The molecule has 10 nitrogen and oxygen atoms in total. The summed E-state index contributed by atoms with van der Waals surface area (Å²) < 4.78 is 19.7. The predicted octanol–water partition coefficient (Wildman–Crippen LogP) is 2.52. The first-order valence-electron chi connectivity index (χ1n) is 13.1. The Bertz CT molecular complexity index is 1250. The number of rotatable bonds is 6. The monoisotopic (exact) mass is 518 g/mol. The molecule has 3 unspecified atom stereocenters. The molecule has 198 valence electrons. The highest BCUT2D eigenvalue weighted by Crippen LogP contribution is 2.48. The predicted molar refractivity (Wildman–Crippen MR) is 138 cm³/mol. The van der Waals surface area contributed by atoms with E-state index in [1.54, 1.807) is 43.0 Å². The molecule has 0 bridgehead atoms. The summed E-state index contributed by atoms with van der Waals surface area (Å²) >= 11 is 0. The van der Waals surface area contributed by atoms with Crippen molar-refractivity contribution in [1.82, 2.24) is 29.8 Å². The van der Waals surface area contributed by atoms with Crippen LogP contribution in [0.1, 0.15) is 41.1 Å². The molecule has 1 aromatic carbocycles. The minimum absolute atomic E-state index is 0.0649. The molecule has 2 saturated heterocycles. The van der Waals surface area contributed by atoms with Gasteiger partial charge >= 0.3 is 0 Å². The Balaban J connectivity index is 1.44. The maximum Gasteiger partial charge on any atom is 0.254 e. The molecule has 1 saturated carbocycles. The number of morpholine rings is 1. The van der Waals surface area contributed by atoms with E-state index >= 15 is 0 Å². The molecule has 2 aliphatic heterocycles. The van der Waals surface area contributed by atoms with Crippen LogP contribution in [0.2, 0.25) is 0 Å². The molecule has 6 rings (SSSR count). The molecule has 3 atom stereocenters. The SMILES string of the molecule is Nc1ncc(C2C(C3CC3)N(C(=O)c3cccc(F)c3)CCC2N(c2ncccn2)N2CCOCC2)cn1. The van der Waals surface area contributed by atoms with Crippen molar-refractivity contribution in [3.05, 3.63) is 72.1 Å². The molecule has 4 heterocycles. The van der Waals surface area contributed by atoms with Crippen molar-refractivity contribution >= 4 is 17.8 Å². The van der Waals surface area contributed by atoms with Crippen LogP contribution < -0.4 is 10.7 Å². The summed E-state index contributed by atoms with van der Waals surface area (Å²) in [5, 5.41) is 4.45. The number of likely N-dealkylation sites (tertiary alicyclic amines) is 1. The van der Waals surface area contributed by atoms with Crippen LogP contribution in [0.4, 0.5) is 16.3 Å². The van der Waals surface area contributed by atoms with E-state index in [2.05, 4.69) is 30.0 Å². The zero-order valence-corrected chi connectivity index (χ0v) is 21.1. The topological polar surface area (TPSA) is 114 Å². The normalized spacial score (nSPS) is 24.2. The number of nitrogen functional groups attached to an aromatic ring is 1. The van der Waals surface area contributed by atoms with Gasteiger partial charge in [0.25, 0.3) is 5.91 Å². The van der Waals surface area contributed by atoms with Gasteiger partial charge in [0.1, 0.15) is 5.82 Å². The maximum atomic E-state index is 14.1. The van der Waals surface area contributed by atoms with Crippen LogP contribution in [0, 0.1) is 11.7 Å². The van der Waals surface area contributed by atoms with Gasteiger partial charge in [0, 0.05) is 61.9 Å². The van der Waals surface area contributed by atoms with Crippen LogP contribution in [-0.4, -0.2) is 80.7 Å². The molecule has 1 amide bonds. The molecule has 3 aliphatic rings. The number of hydrogen-bond donors (Lipinski definition) is 1. The average molecular weight is 519 g/mol. The molecular formula is C27H31FN8O2. The molecule has 1 aliphatic carbocycles. The second-order valence-corrected chi connectivity index (χ2v) is 10.1. The number of benzene rings is 1. The molecular weight excluding hydrogens is 487 g/mol. The number of hydrazine groups is 1. The number of anilines is 2. The van der Waals surface area contributed by atoms with E-state index in [0.717, 1.165) is 18.4 Å². The molecule has 0 spiro atoms. The van der Waals surface area contributed by atoms with Gasteiger partial charge < -0.3 is 15.4 Å². The smallest absolute Gasteiger partial charge is 0.254 e. The highest BCUT2D eigenvalue weighted by Gasteiger charge is 2.51. The van der Waals surface area contributed by atoms with Crippen molar-refractivity contribution in [2.45, 2.75) is 37.3 Å². The Morgan fingerprint density at radius 1 is 1.00 bits per heavy atom. The number of nitrogens with two attached hydrogens (primary N) is 1. The molecule has 3 aromatic rings. The van der Waals surface area contributed by atoms with Crippen LogP contribution in [0.25, 0.3) is 0 Å².